The standard InChI is InChI=1S/C13H18O4/c1-3-9(2)17-12(13(15)16)8-10-4-6-11(14)7-5-10/h4-7,9,12,14H,3,8H2,1-2H3,(H,15,16)/t9?,12-/m0/s1. The first kappa shape index (κ1) is 13.5. The van der Waals surface area contributed by atoms with Gasteiger partial charge in [-0.3, -0.25) is 0 Å². The molecule has 4 heteroatoms. The predicted molar refractivity (Wildman–Crippen MR) is 64.1 cm³/mol. The number of phenols is 1. The Morgan fingerprint density at radius 3 is 2.41 bits per heavy atom. The second kappa shape index (κ2) is 6.25. The summed E-state index contributed by atoms with van der Waals surface area (Å²) in [6, 6.07) is 6.48. The number of benzene rings is 1. The summed E-state index contributed by atoms with van der Waals surface area (Å²) >= 11 is 0. The van der Waals surface area contributed by atoms with E-state index in [2.05, 4.69) is 0 Å². The molecule has 17 heavy (non-hydrogen) atoms. The van der Waals surface area contributed by atoms with Gasteiger partial charge in [-0.1, -0.05) is 19.1 Å². The lowest BCUT2D eigenvalue weighted by Crippen LogP contribution is -2.29. The van der Waals surface area contributed by atoms with Crippen LogP contribution in [-0.4, -0.2) is 28.4 Å². The summed E-state index contributed by atoms with van der Waals surface area (Å²) in [4.78, 5) is 11.0. The molecule has 1 aromatic rings. The van der Waals surface area contributed by atoms with Crippen LogP contribution in [0.15, 0.2) is 24.3 Å². The molecule has 0 spiro atoms. The predicted octanol–water partition coefficient (Wildman–Crippen LogP) is 2.20. The van der Waals surface area contributed by atoms with Crippen LogP contribution in [0.3, 0.4) is 0 Å². The Bertz CT molecular complexity index is 358. The molecule has 0 heterocycles. The molecule has 0 saturated carbocycles. The Balaban J connectivity index is 2.66. The van der Waals surface area contributed by atoms with Crippen molar-refractivity contribution in [3.63, 3.8) is 0 Å². The number of rotatable bonds is 6. The maximum absolute atomic E-state index is 11.0. The van der Waals surface area contributed by atoms with E-state index in [0.717, 1.165) is 12.0 Å². The van der Waals surface area contributed by atoms with Gasteiger partial charge in [0.05, 0.1) is 6.10 Å². The average Bonchev–Trinajstić information content (AvgIpc) is 2.30. The first-order valence-electron chi connectivity index (χ1n) is 5.69. The minimum absolute atomic E-state index is 0.0757. The number of carboxylic acids is 1. The second-order valence-electron chi connectivity index (χ2n) is 4.05. The van der Waals surface area contributed by atoms with Crippen LogP contribution in [0.25, 0.3) is 0 Å². The van der Waals surface area contributed by atoms with Crippen molar-refractivity contribution in [2.45, 2.75) is 38.9 Å². The molecule has 0 fully saturated rings. The Hall–Kier alpha value is -1.55. The Morgan fingerprint density at radius 2 is 1.94 bits per heavy atom. The number of carbonyl (C=O) groups is 1. The quantitative estimate of drug-likeness (QED) is 0.797. The molecular weight excluding hydrogens is 220 g/mol. The van der Waals surface area contributed by atoms with E-state index in [1.807, 2.05) is 13.8 Å². The second-order valence-corrected chi connectivity index (χ2v) is 4.05. The van der Waals surface area contributed by atoms with Gasteiger partial charge in [-0.05, 0) is 31.0 Å². The van der Waals surface area contributed by atoms with Crippen molar-refractivity contribution in [1.29, 1.82) is 0 Å². The first-order valence-corrected chi connectivity index (χ1v) is 5.69. The number of carboxylic acid groups (broad SMARTS) is 1. The van der Waals surface area contributed by atoms with Crippen LogP contribution in [0.5, 0.6) is 5.75 Å². The summed E-state index contributed by atoms with van der Waals surface area (Å²) < 4.78 is 5.43. The molecular formula is C13H18O4. The number of ether oxygens (including phenoxy) is 1. The van der Waals surface area contributed by atoms with Gasteiger partial charge in [0.25, 0.3) is 0 Å². The number of hydrogen-bond acceptors (Lipinski definition) is 3. The van der Waals surface area contributed by atoms with Gasteiger partial charge in [0.1, 0.15) is 5.75 Å². The number of hydrogen-bond donors (Lipinski definition) is 2. The maximum Gasteiger partial charge on any atom is 0.333 e. The van der Waals surface area contributed by atoms with Gasteiger partial charge in [-0.25, -0.2) is 4.79 Å². The Kier molecular flexibility index (Phi) is 4.97. The number of aromatic hydroxyl groups is 1. The lowest BCUT2D eigenvalue weighted by Gasteiger charge is -2.18. The average molecular weight is 238 g/mol. The molecule has 1 aromatic carbocycles. The topological polar surface area (TPSA) is 66.8 Å². The van der Waals surface area contributed by atoms with Gasteiger partial charge in [0, 0.05) is 6.42 Å². The molecule has 1 rings (SSSR count). The van der Waals surface area contributed by atoms with E-state index in [4.69, 9.17) is 14.9 Å². The minimum atomic E-state index is -0.960. The molecule has 94 valence electrons. The Labute approximate surface area is 101 Å². The van der Waals surface area contributed by atoms with E-state index >= 15 is 0 Å². The normalized spacial score (nSPS) is 14.2. The monoisotopic (exact) mass is 238 g/mol. The van der Waals surface area contributed by atoms with Gasteiger partial charge in [-0.15, -0.1) is 0 Å². The van der Waals surface area contributed by atoms with Crippen molar-refractivity contribution in [1.82, 2.24) is 0 Å². The number of aliphatic carboxylic acids is 1. The van der Waals surface area contributed by atoms with Gasteiger partial charge in [-0.2, -0.15) is 0 Å². The molecule has 2 atom stereocenters. The summed E-state index contributed by atoms with van der Waals surface area (Å²) in [6.07, 6.45) is 0.168. The molecule has 0 aromatic heterocycles. The van der Waals surface area contributed by atoms with Crippen molar-refractivity contribution in [2.24, 2.45) is 0 Å². The largest absolute Gasteiger partial charge is 0.508 e. The highest BCUT2D eigenvalue weighted by atomic mass is 16.5. The van der Waals surface area contributed by atoms with Crippen LogP contribution in [0, 0.1) is 0 Å². The first-order chi connectivity index (χ1) is 8.02. The number of phenolic OH excluding ortho intramolecular Hbond substituents is 1. The summed E-state index contributed by atoms with van der Waals surface area (Å²) in [5.41, 5.74) is 0.832. The van der Waals surface area contributed by atoms with Gasteiger partial charge >= 0.3 is 5.97 Å². The summed E-state index contributed by atoms with van der Waals surface area (Å²) in [5.74, 6) is -0.790. The molecule has 0 amide bonds. The minimum Gasteiger partial charge on any atom is -0.508 e. The van der Waals surface area contributed by atoms with E-state index < -0.39 is 12.1 Å². The fourth-order valence-corrected chi connectivity index (χ4v) is 1.42. The van der Waals surface area contributed by atoms with E-state index in [0.29, 0.717) is 6.42 Å². The van der Waals surface area contributed by atoms with Crippen molar-refractivity contribution in [3.05, 3.63) is 29.8 Å². The third-order valence-electron chi connectivity index (χ3n) is 2.60. The van der Waals surface area contributed by atoms with Crippen molar-refractivity contribution in [2.75, 3.05) is 0 Å². The van der Waals surface area contributed by atoms with Crippen LogP contribution in [0.1, 0.15) is 25.8 Å². The van der Waals surface area contributed by atoms with E-state index in [9.17, 15) is 4.79 Å². The molecule has 0 aliphatic rings. The van der Waals surface area contributed by atoms with E-state index in [-0.39, 0.29) is 11.9 Å². The van der Waals surface area contributed by atoms with Crippen molar-refractivity contribution in [3.8, 4) is 5.75 Å². The van der Waals surface area contributed by atoms with Crippen LogP contribution in [0.2, 0.25) is 0 Å². The van der Waals surface area contributed by atoms with Gasteiger partial charge in [0.15, 0.2) is 6.10 Å². The molecule has 4 nitrogen and oxygen atoms in total. The van der Waals surface area contributed by atoms with E-state index in [1.165, 1.54) is 12.1 Å². The zero-order valence-corrected chi connectivity index (χ0v) is 10.1. The molecule has 0 aliphatic carbocycles. The highest BCUT2D eigenvalue weighted by molar-refractivity contribution is 5.72. The highest BCUT2D eigenvalue weighted by Crippen LogP contribution is 2.14. The molecule has 0 saturated heterocycles. The van der Waals surface area contributed by atoms with Crippen LogP contribution in [0.4, 0.5) is 0 Å². The summed E-state index contributed by atoms with van der Waals surface area (Å²) in [7, 11) is 0. The van der Waals surface area contributed by atoms with Crippen LogP contribution >= 0.6 is 0 Å². The third-order valence-corrected chi connectivity index (χ3v) is 2.60. The van der Waals surface area contributed by atoms with Gasteiger partial charge in [0.2, 0.25) is 0 Å². The molecule has 0 bridgehead atoms. The molecule has 0 radical (unpaired) electrons. The molecule has 2 N–H and O–H groups in total. The smallest absolute Gasteiger partial charge is 0.333 e. The SMILES string of the molecule is CCC(C)O[C@@H](Cc1ccc(O)cc1)C(=O)O. The van der Waals surface area contributed by atoms with E-state index in [1.54, 1.807) is 12.1 Å². The summed E-state index contributed by atoms with van der Waals surface area (Å²) in [5, 5.41) is 18.2. The maximum atomic E-state index is 11.0. The summed E-state index contributed by atoms with van der Waals surface area (Å²) in [6.45, 7) is 3.80. The Morgan fingerprint density at radius 1 is 1.35 bits per heavy atom. The molecule has 0 aliphatic heterocycles. The fraction of sp³-hybridized carbons (Fsp3) is 0.462. The van der Waals surface area contributed by atoms with Crippen molar-refractivity contribution >= 4 is 5.97 Å². The molecule has 1 unspecified atom stereocenters. The van der Waals surface area contributed by atoms with Crippen LogP contribution < -0.4 is 0 Å². The third kappa shape index (κ3) is 4.44. The lowest BCUT2D eigenvalue weighted by atomic mass is 10.1. The lowest BCUT2D eigenvalue weighted by molar-refractivity contribution is -0.153. The van der Waals surface area contributed by atoms with Gasteiger partial charge < -0.3 is 14.9 Å². The zero-order chi connectivity index (χ0) is 12.8. The van der Waals surface area contributed by atoms with Crippen LogP contribution in [-0.2, 0) is 16.0 Å². The zero-order valence-electron chi connectivity index (χ0n) is 10.1. The fourth-order valence-electron chi connectivity index (χ4n) is 1.42. The van der Waals surface area contributed by atoms with Crippen molar-refractivity contribution < 1.29 is 19.7 Å². The highest BCUT2D eigenvalue weighted by Gasteiger charge is 2.20.